The van der Waals surface area contributed by atoms with Gasteiger partial charge in [0.15, 0.2) is 6.29 Å². The second-order valence-corrected chi connectivity index (χ2v) is 5.69. The first-order valence-electron chi connectivity index (χ1n) is 6.41. The van der Waals surface area contributed by atoms with E-state index in [1.807, 2.05) is 26.8 Å². The van der Waals surface area contributed by atoms with E-state index in [4.69, 9.17) is 5.73 Å². The van der Waals surface area contributed by atoms with Gasteiger partial charge in [0, 0.05) is 5.56 Å². The first-order chi connectivity index (χ1) is 8.40. The molecular weight excluding hydrogens is 226 g/mol. The summed E-state index contributed by atoms with van der Waals surface area (Å²) in [5, 5.41) is 10.1. The minimum absolute atomic E-state index is 0.111. The number of aromatic hydroxyl groups is 1. The van der Waals surface area contributed by atoms with Crippen molar-refractivity contribution in [3.8, 4) is 5.75 Å². The molecule has 0 bridgehead atoms. The van der Waals surface area contributed by atoms with Crippen LogP contribution in [0.1, 0.15) is 55.1 Å². The van der Waals surface area contributed by atoms with Crippen LogP contribution < -0.4 is 5.73 Å². The zero-order chi connectivity index (χ0) is 13.8. The van der Waals surface area contributed by atoms with Crippen LogP contribution in [0.3, 0.4) is 0 Å². The molecule has 0 fully saturated rings. The summed E-state index contributed by atoms with van der Waals surface area (Å²) in [6.07, 6.45) is 3.59. The van der Waals surface area contributed by atoms with E-state index >= 15 is 0 Å². The van der Waals surface area contributed by atoms with E-state index in [1.54, 1.807) is 6.07 Å². The molecule has 0 spiro atoms. The number of aldehydes is 1. The normalized spacial score (nSPS) is 11.6. The van der Waals surface area contributed by atoms with Gasteiger partial charge in [0.05, 0.1) is 5.56 Å². The number of carbonyl (C=O) groups excluding carboxylic acids is 1. The molecule has 100 valence electrons. The zero-order valence-electron chi connectivity index (χ0n) is 11.5. The Hall–Kier alpha value is -1.35. The quantitative estimate of drug-likeness (QED) is 0.623. The molecule has 0 aliphatic heterocycles. The minimum atomic E-state index is -0.175. The molecule has 1 rings (SSSR count). The molecule has 3 N–H and O–H groups in total. The lowest BCUT2D eigenvalue weighted by molar-refractivity contribution is 0.112. The van der Waals surface area contributed by atoms with Crippen LogP contribution in [-0.2, 0) is 11.8 Å². The maximum atomic E-state index is 11.0. The molecule has 1 aromatic carbocycles. The molecule has 1 aromatic rings. The fourth-order valence-electron chi connectivity index (χ4n) is 2.00. The van der Waals surface area contributed by atoms with Crippen molar-refractivity contribution in [1.29, 1.82) is 0 Å². The predicted molar refractivity (Wildman–Crippen MR) is 74.2 cm³/mol. The summed E-state index contributed by atoms with van der Waals surface area (Å²) in [5.74, 6) is 0.111. The molecule has 0 amide bonds. The Kier molecular flexibility index (Phi) is 4.91. The Labute approximate surface area is 109 Å². The second-order valence-electron chi connectivity index (χ2n) is 5.69. The summed E-state index contributed by atoms with van der Waals surface area (Å²) in [6, 6.07) is 3.77. The van der Waals surface area contributed by atoms with Crippen LogP contribution in [0.5, 0.6) is 5.75 Å². The van der Waals surface area contributed by atoms with E-state index in [1.165, 1.54) is 0 Å². The second kappa shape index (κ2) is 6.01. The number of benzene rings is 1. The summed E-state index contributed by atoms with van der Waals surface area (Å²) >= 11 is 0. The summed E-state index contributed by atoms with van der Waals surface area (Å²) in [6.45, 7) is 6.77. The summed E-state index contributed by atoms with van der Waals surface area (Å²) in [5.41, 5.74) is 7.60. The number of hydrogen-bond acceptors (Lipinski definition) is 3. The van der Waals surface area contributed by atoms with Crippen LogP contribution >= 0.6 is 0 Å². The topological polar surface area (TPSA) is 63.3 Å². The summed E-state index contributed by atoms with van der Waals surface area (Å²) in [7, 11) is 0. The van der Waals surface area contributed by atoms with Gasteiger partial charge in [-0.3, -0.25) is 4.79 Å². The van der Waals surface area contributed by atoms with E-state index < -0.39 is 0 Å². The number of nitrogens with two attached hydrogens (primary N) is 1. The van der Waals surface area contributed by atoms with E-state index in [2.05, 4.69) is 0 Å². The van der Waals surface area contributed by atoms with Crippen molar-refractivity contribution in [2.24, 2.45) is 5.73 Å². The number of hydrogen-bond donors (Lipinski definition) is 2. The Morgan fingerprint density at radius 1 is 1.28 bits per heavy atom. The minimum Gasteiger partial charge on any atom is -0.507 e. The van der Waals surface area contributed by atoms with Crippen molar-refractivity contribution < 1.29 is 9.90 Å². The smallest absolute Gasteiger partial charge is 0.153 e. The van der Waals surface area contributed by atoms with Crippen molar-refractivity contribution in [2.45, 2.75) is 45.4 Å². The zero-order valence-corrected chi connectivity index (χ0v) is 11.5. The number of unbranched alkanes of at least 4 members (excludes halogenated alkanes) is 1. The molecule has 0 saturated heterocycles. The van der Waals surface area contributed by atoms with Crippen molar-refractivity contribution in [1.82, 2.24) is 0 Å². The van der Waals surface area contributed by atoms with Gasteiger partial charge in [0.25, 0.3) is 0 Å². The van der Waals surface area contributed by atoms with Gasteiger partial charge < -0.3 is 10.8 Å². The number of rotatable bonds is 5. The van der Waals surface area contributed by atoms with Crippen LogP contribution in [0, 0.1) is 0 Å². The Balaban J connectivity index is 3.10. The van der Waals surface area contributed by atoms with Gasteiger partial charge in [0.2, 0.25) is 0 Å². The van der Waals surface area contributed by atoms with Crippen LogP contribution in [0.4, 0.5) is 0 Å². The Bertz CT molecular complexity index is 419. The van der Waals surface area contributed by atoms with Crippen molar-refractivity contribution in [3.63, 3.8) is 0 Å². The molecule has 3 heteroatoms. The highest BCUT2D eigenvalue weighted by atomic mass is 16.3. The maximum absolute atomic E-state index is 11.0. The van der Waals surface area contributed by atoms with Crippen LogP contribution in [0.25, 0.3) is 0 Å². The third-order valence-corrected chi connectivity index (χ3v) is 3.05. The van der Waals surface area contributed by atoms with E-state index in [0.717, 1.165) is 36.7 Å². The average Bonchev–Trinajstić information content (AvgIpc) is 2.29. The van der Waals surface area contributed by atoms with E-state index in [0.29, 0.717) is 12.1 Å². The lowest BCUT2D eigenvalue weighted by atomic mass is 9.83. The molecule has 0 unspecified atom stereocenters. The predicted octanol–water partition coefficient (Wildman–Crippen LogP) is 2.78. The van der Waals surface area contributed by atoms with Gasteiger partial charge in [-0.2, -0.15) is 0 Å². The molecule has 0 atom stereocenters. The van der Waals surface area contributed by atoms with Gasteiger partial charge in [-0.15, -0.1) is 0 Å². The number of phenolic OH excluding ortho intramolecular Hbond substituents is 1. The average molecular weight is 249 g/mol. The fraction of sp³-hybridized carbons (Fsp3) is 0.533. The van der Waals surface area contributed by atoms with Gasteiger partial charge in [-0.25, -0.2) is 0 Å². The van der Waals surface area contributed by atoms with Gasteiger partial charge in [-0.05, 0) is 42.9 Å². The van der Waals surface area contributed by atoms with Crippen LogP contribution in [0.15, 0.2) is 12.1 Å². The lowest BCUT2D eigenvalue weighted by Gasteiger charge is -2.22. The van der Waals surface area contributed by atoms with Crippen LogP contribution in [0.2, 0.25) is 0 Å². The van der Waals surface area contributed by atoms with Crippen molar-refractivity contribution >= 4 is 6.29 Å². The largest absolute Gasteiger partial charge is 0.507 e. The molecule has 0 aromatic heterocycles. The summed E-state index contributed by atoms with van der Waals surface area (Å²) < 4.78 is 0. The molecule has 0 heterocycles. The highest BCUT2D eigenvalue weighted by Gasteiger charge is 2.21. The summed E-state index contributed by atoms with van der Waals surface area (Å²) in [4.78, 5) is 11.0. The van der Waals surface area contributed by atoms with Gasteiger partial charge in [-0.1, -0.05) is 26.8 Å². The van der Waals surface area contributed by atoms with E-state index in [9.17, 15) is 9.90 Å². The van der Waals surface area contributed by atoms with E-state index in [-0.39, 0.29) is 11.2 Å². The lowest BCUT2D eigenvalue weighted by Crippen LogP contribution is -2.13. The number of phenols is 1. The molecule has 0 saturated carbocycles. The van der Waals surface area contributed by atoms with Crippen LogP contribution in [-0.4, -0.2) is 17.9 Å². The molecule has 0 aliphatic rings. The standard InChI is InChI=1S/C15H23NO2/c1-15(2,3)13-9-11(6-4-5-7-16)8-12(10-17)14(13)18/h8-10,18H,4-7,16H2,1-3H3. The molecule has 3 nitrogen and oxygen atoms in total. The highest BCUT2D eigenvalue weighted by Crippen LogP contribution is 2.34. The fourth-order valence-corrected chi connectivity index (χ4v) is 2.00. The Morgan fingerprint density at radius 2 is 1.94 bits per heavy atom. The SMILES string of the molecule is CC(C)(C)c1cc(CCCCN)cc(C=O)c1O. The highest BCUT2D eigenvalue weighted by molar-refractivity contribution is 5.80. The van der Waals surface area contributed by atoms with Crippen molar-refractivity contribution in [2.75, 3.05) is 6.54 Å². The monoisotopic (exact) mass is 249 g/mol. The number of aryl methyl sites for hydroxylation is 1. The first-order valence-corrected chi connectivity index (χ1v) is 6.41. The Morgan fingerprint density at radius 3 is 2.44 bits per heavy atom. The third kappa shape index (κ3) is 3.57. The third-order valence-electron chi connectivity index (χ3n) is 3.05. The maximum Gasteiger partial charge on any atom is 0.153 e. The first kappa shape index (κ1) is 14.7. The molecular formula is C15H23NO2. The van der Waals surface area contributed by atoms with Gasteiger partial charge >= 0.3 is 0 Å². The molecule has 0 aliphatic carbocycles. The number of carbonyl (C=O) groups is 1. The van der Waals surface area contributed by atoms with Crippen molar-refractivity contribution in [3.05, 3.63) is 28.8 Å². The molecule has 0 radical (unpaired) electrons. The molecule has 18 heavy (non-hydrogen) atoms. The van der Waals surface area contributed by atoms with Gasteiger partial charge in [0.1, 0.15) is 5.75 Å².